The number of para-hydroxylation sites is 1. The zero-order valence-electron chi connectivity index (χ0n) is 17.2. The van der Waals surface area contributed by atoms with Crippen LogP contribution < -0.4 is 4.73 Å². The Bertz CT molecular complexity index is 1210. The van der Waals surface area contributed by atoms with Gasteiger partial charge in [0, 0.05) is 32.5 Å². The molecule has 0 saturated carbocycles. The zero-order valence-corrected chi connectivity index (χ0v) is 18.1. The molecule has 1 saturated heterocycles. The van der Waals surface area contributed by atoms with E-state index < -0.39 is 9.84 Å². The van der Waals surface area contributed by atoms with Gasteiger partial charge in [-0.2, -0.15) is 4.73 Å². The van der Waals surface area contributed by atoms with Crippen molar-refractivity contribution in [1.29, 1.82) is 0 Å². The second-order valence-electron chi connectivity index (χ2n) is 7.89. The lowest BCUT2D eigenvalue weighted by molar-refractivity contribution is -0.575. The molecule has 3 heterocycles. The van der Waals surface area contributed by atoms with Crippen LogP contribution in [0.25, 0.3) is 21.9 Å². The van der Waals surface area contributed by atoms with E-state index in [4.69, 9.17) is 0 Å². The van der Waals surface area contributed by atoms with E-state index in [1.165, 1.54) is 13.1 Å². The van der Waals surface area contributed by atoms with Gasteiger partial charge in [-0.05, 0) is 18.9 Å². The summed E-state index contributed by atoms with van der Waals surface area (Å²) in [6, 6.07) is 7.33. The van der Waals surface area contributed by atoms with Crippen LogP contribution >= 0.6 is 0 Å². The van der Waals surface area contributed by atoms with Gasteiger partial charge in [-0.3, -0.25) is 4.79 Å². The smallest absolute Gasteiger partial charge is 0.226 e. The highest BCUT2D eigenvalue weighted by molar-refractivity contribution is 7.92. The van der Waals surface area contributed by atoms with Crippen molar-refractivity contribution >= 4 is 37.7 Å². The van der Waals surface area contributed by atoms with Gasteiger partial charge in [0.2, 0.25) is 17.6 Å². The van der Waals surface area contributed by atoms with Crippen molar-refractivity contribution in [3.63, 3.8) is 0 Å². The monoisotopic (exact) mass is 430 g/mol. The Kier molecular flexibility index (Phi) is 5.40. The molecule has 0 N–H and O–H groups in total. The van der Waals surface area contributed by atoms with Gasteiger partial charge in [-0.15, -0.1) is 0 Å². The van der Waals surface area contributed by atoms with Gasteiger partial charge in [0.05, 0.1) is 28.5 Å². The van der Waals surface area contributed by atoms with Crippen molar-refractivity contribution in [2.24, 2.45) is 0 Å². The molecule has 1 fully saturated rings. The molecule has 0 unspecified atom stereocenters. The minimum atomic E-state index is -2.97. The van der Waals surface area contributed by atoms with Crippen molar-refractivity contribution in [3.8, 4) is 0 Å². The fourth-order valence-electron chi connectivity index (χ4n) is 4.32. The van der Waals surface area contributed by atoms with Crippen molar-refractivity contribution < 1.29 is 17.9 Å². The summed E-state index contributed by atoms with van der Waals surface area (Å²) in [5.41, 5.74) is 2.26. The first-order chi connectivity index (χ1) is 14.3. The maximum absolute atomic E-state index is 12.3. The van der Waals surface area contributed by atoms with Crippen LogP contribution in [-0.2, 0) is 27.6 Å². The third-order valence-electron chi connectivity index (χ3n) is 5.79. The third kappa shape index (κ3) is 3.74. The van der Waals surface area contributed by atoms with Gasteiger partial charge < -0.3 is 14.7 Å². The van der Waals surface area contributed by atoms with Crippen LogP contribution in [0.4, 0.5) is 0 Å². The van der Waals surface area contributed by atoms with E-state index >= 15 is 0 Å². The van der Waals surface area contributed by atoms with E-state index in [0.29, 0.717) is 17.6 Å². The fourth-order valence-corrected chi connectivity index (χ4v) is 5.75. The number of unbranched alkanes of at least 4 members (excludes halogenated alkanes) is 1. The maximum Gasteiger partial charge on any atom is 0.226 e. The van der Waals surface area contributed by atoms with Crippen LogP contribution in [0.3, 0.4) is 0 Å². The quantitative estimate of drug-likeness (QED) is 0.323. The fraction of sp³-hybridized carbons (Fsp3) is 0.476. The minimum Gasteiger partial charge on any atom is -0.618 e. The molecule has 160 valence electrons. The van der Waals surface area contributed by atoms with E-state index in [1.807, 2.05) is 31.2 Å². The number of aryl methyl sites for hydroxylation is 2. The largest absolute Gasteiger partial charge is 0.618 e. The topological polar surface area (TPSA) is 99.2 Å². The van der Waals surface area contributed by atoms with Crippen LogP contribution in [0.1, 0.15) is 32.5 Å². The molecule has 3 aromatic rings. The van der Waals surface area contributed by atoms with Crippen molar-refractivity contribution in [1.82, 2.24) is 14.5 Å². The molecule has 4 rings (SSSR count). The molecular weight excluding hydrogens is 404 g/mol. The molecule has 2 aromatic heterocycles. The third-order valence-corrected chi connectivity index (χ3v) is 7.58. The molecule has 0 bridgehead atoms. The summed E-state index contributed by atoms with van der Waals surface area (Å²) in [5, 5.41) is 13.2. The molecular formula is C21H26N4O4S. The second kappa shape index (κ2) is 7.86. The first kappa shape index (κ1) is 20.6. The highest BCUT2D eigenvalue weighted by Gasteiger charge is 2.38. The van der Waals surface area contributed by atoms with Crippen molar-refractivity contribution in [2.45, 2.75) is 45.7 Å². The number of benzene rings is 1. The highest BCUT2D eigenvalue weighted by Crippen LogP contribution is 2.25. The SMILES string of the molecule is CCc1nc2c[n+]([O-])c3ccccc3c2n1CCCCN(C(C)=O)C1CS(=O)(=O)C1. The number of carbonyl (C=O) groups excluding carboxylic acids is 1. The summed E-state index contributed by atoms with van der Waals surface area (Å²) in [6.07, 6.45) is 3.87. The summed E-state index contributed by atoms with van der Waals surface area (Å²) in [4.78, 5) is 18.3. The summed E-state index contributed by atoms with van der Waals surface area (Å²) >= 11 is 0. The number of sulfone groups is 1. The van der Waals surface area contributed by atoms with Crippen LogP contribution in [0, 0.1) is 5.21 Å². The Balaban J connectivity index is 1.52. The number of imidazole rings is 1. The van der Waals surface area contributed by atoms with Gasteiger partial charge in [0.1, 0.15) is 5.82 Å². The van der Waals surface area contributed by atoms with E-state index in [9.17, 15) is 18.4 Å². The summed E-state index contributed by atoms with van der Waals surface area (Å²) < 4.78 is 26.0. The number of fused-ring (bicyclic) bond motifs is 3. The summed E-state index contributed by atoms with van der Waals surface area (Å²) in [7, 11) is -2.97. The minimum absolute atomic E-state index is 0.0694. The Morgan fingerprint density at radius 3 is 2.70 bits per heavy atom. The average Bonchev–Trinajstić information content (AvgIpc) is 3.03. The lowest BCUT2D eigenvalue weighted by Gasteiger charge is -2.36. The number of hydrogen-bond donors (Lipinski definition) is 0. The van der Waals surface area contributed by atoms with Gasteiger partial charge in [0.25, 0.3) is 0 Å². The molecule has 1 amide bonds. The summed E-state index contributed by atoms with van der Waals surface area (Å²) in [5.74, 6) is 0.984. The normalized spacial score (nSPS) is 16.1. The standard InChI is InChI=1S/C21H26N4O4S/c1-3-20-22-18-12-25(27)19-9-5-4-8-17(19)21(18)24(20)11-7-6-10-23(15(2)26)16-13-30(28,29)14-16/h4-5,8-9,12,16H,3,6-7,10-11,13-14H2,1-2H3. The van der Waals surface area contributed by atoms with Crippen LogP contribution in [0.5, 0.6) is 0 Å². The van der Waals surface area contributed by atoms with E-state index in [2.05, 4.69) is 9.55 Å². The van der Waals surface area contributed by atoms with Crippen molar-refractivity contribution in [3.05, 3.63) is 41.5 Å². The number of hydrogen-bond acceptors (Lipinski definition) is 5. The number of aromatic nitrogens is 3. The van der Waals surface area contributed by atoms with Crippen LogP contribution in [0.15, 0.2) is 30.5 Å². The second-order valence-corrected chi connectivity index (χ2v) is 10.0. The number of rotatable bonds is 7. The van der Waals surface area contributed by atoms with Gasteiger partial charge in [-0.25, -0.2) is 13.4 Å². The molecule has 0 radical (unpaired) electrons. The molecule has 1 aromatic carbocycles. The molecule has 1 aliphatic heterocycles. The molecule has 0 aliphatic carbocycles. The van der Waals surface area contributed by atoms with E-state index in [-0.39, 0.29) is 23.5 Å². The molecule has 1 aliphatic rings. The first-order valence-corrected chi connectivity index (χ1v) is 12.1. The van der Waals surface area contributed by atoms with Crippen LogP contribution in [-0.4, -0.2) is 52.9 Å². The number of pyridine rings is 1. The van der Waals surface area contributed by atoms with E-state index in [1.54, 1.807) is 4.90 Å². The zero-order chi connectivity index (χ0) is 21.5. The predicted molar refractivity (Wildman–Crippen MR) is 115 cm³/mol. The molecule has 30 heavy (non-hydrogen) atoms. The Hall–Kier alpha value is -2.68. The Morgan fingerprint density at radius 2 is 2.03 bits per heavy atom. The van der Waals surface area contributed by atoms with E-state index in [0.717, 1.165) is 47.3 Å². The summed E-state index contributed by atoms with van der Waals surface area (Å²) in [6.45, 7) is 4.81. The predicted octanol–water partition coefficient (Wildman–Crippen LogP) is 1.81. The molecule has 0 atom stereocenters. The molecule has 9 heteroatoms. The highest BCUT2D eigenvalue weighted by atomic mass is 32.2. The van der Waals surface area contributed by atoms with Gasteiger partial charge >= 0.3 is 0 Å². The average molecular weight is 431 g/mol. The Morgan fingerprint density at radius 1 is 1.30 bits per heavy atom. The van der Waals surface area contributed by atoms with Gasteiger partial charge in [-0.1, -0.05) is 19.1 Å². The number of carbonyl (C=O) groups is 1. The maximum atomic E-state index is 12.3. The molecule has 8 nitrogen and oxygen atoms in total. The van der Waals surface area contributed by atoms with Crippen LogP contribution in [0.2, 0.25) is 0 Å². The lowest BCUT2D eigenvalue weighted by Crippen LogP contribution is -2.55. The number of amides is 1. The lowest BCUT2D eigenvalue weighted by atomic mass is 10.2. The Labute approximate surface area is 175 Å². The first-order valence-electron chi connectivity index (χ1n) is 10.3. The number of nitrogens with zero attached hydrogens (tertiary/aromatic N) is 4. The van der Waals surface area contributed by atoms with Gasteiger partial charge in [0.15, 0.2) is 15.4 Å². The molecule has 0 spiro atoms. The van der Waals surface area contributed by atoms with Crippen molar-refractivity contribution in [2.75, 3.05) is 18.1 Å².